The highest BCUT2D eigenvalue weighted by molar-refractivity contribution is 6.24. The smallest absolute Gasteiger partial charge is 0.421 e. The molecule has 73 heavy (non-hydrogen) atoms. The monoisotopic (exact) mass is 982 g/mol. The predicted molar refractivity (Wildman–Crippen MR) is 271 cm³/mol. The number of rotatable bonds is 13. The Balaban J connectivity index is 1.24. The van der Waals surface area contributed by atoms with E-state index >= 15 is 14.4 Å². The molecule has 0 unspecified atom stereocenters. The molecule has 3 fully saturated rings. The lowest BCUT2D eigenvalue weighted by Gasteiger charge is -2.46. The van der Waals surface area contributed by atoms with Gasteiger partial charge in [0.05, 0.1) is 57.2 Å². The van der Waals surface area contributed by atoms with Crippen LogP contribution in [-0.2, 0) is 38.7 Å². The predicted octanol–water partition coefficient (Wildman–Crippen LogP) is 7.39. The number of anilines is 3. The Bertz CT molecular complexity index is 3030. The van der Waals surface area contributed by atoms with Gasteiger partial charge in [0.2, 0.25) is 11.8 Å². The van der Waals surface area contributed by atoms with E-state index < -0.39 is 59.4 Å². The van der Waals surface area contributed by atoms with Gasteiger partial charge < -0.3 is 43.7 Å². The third-order valence-corrected chi connectivity index (χ3v) is 13.9. The zero-order chi connectivity index (χ0) is 50.5. The summed E-state index contributed by atoms with van der Waals surface area (Å²) in [7, 11) is 3.05. The quantitative estimate of drug-likeness (QED) is 0.0669. The molecule has 2 N–H and O–H groups in total. The van der Waals surface area contributed by atoms with Crippen LogP contribution in [0.15, 0.2) is 152 Å². The Kier molecular flexibility index (Phi) is 14.2. The van der Waals surface area contributed by atoms with Gasteiger partial charge in [0, 0.05) is 42.7 Å². The van der Waals surface area contributed by atoms with E-state index in [1.165, 1.54) is 7.11 Å². The first-order chi connectivity index (χ1) is 35.7. The highest BCUT2D eigenvalue weighted by Crippen LogP contribution is 2.66. The highest BCUT2D eigenvalue weighted by atomic mass is 16.6. The maximum absolute atomic E-state index is 16.6. The van der Waals surface area contributed by atoms with Gasteiger partial charge >= 0.3 is 12.1 Å². The fraction of sp³-hybridized carbons (Fsp3) is 0.276. The molecular weight excluding hydrogens is 929 g/mol. The third kappa shape index (κ3) is 9.26. The first-order valence-electron chi connectivity index (χ1n) is 24.2. The molecule has 0 aromatic heterocycles. The number of aliphatic hydroxyl groups excluding tert-OH is 1. The van der Waals surface area contributed by atoms with E-state index in [1.54, 1.807) is 67.8 Å². The van der Waals surface area contributed by atoms with Crippen LogP contribution in [0.1, 0.15) is 51.6 Å². The molecule has 15 heteroatoms. The van der Waals surface area contributed by atoms with E-state index in [-0.39, 0.29) is 37.7 Å². The van der Waals surface area contributed by atoms with Crippen molar-refractivity contribution in [3.8, 4) is 23.3 Å². The molecule has 0 aliphatic carbocycles. The first-order valence-corrected chi connectivity index (χ1v) is 24.2. The van der Waals surface area contributed by atoms with Gasteiger partial charge in [-0.05, 0) is 101 Å². The van der Waals surface area contributed by atoms with Crippen LogP contribution in [0.25, 0.3) is 0 Å². The number of fused-ring (bicyclic) bond motifs is 3. The number of imide groups is 1. The number of benzene rings is 6. The van der Waals surface area contributed by atoms with Gasteiger partial charge in [0.15, 0.2) is 0 Å². The molecule has 1 spiro atoms. The van der Waals surface area contributed by atoms with Gasteiger partial charge in [0.1, 0.15) is 42.3 Å². The van der Waals surface area contributed by atoms with Gasteiger partial charge in [-0.25, -0.2) is 9.69 Å². The fourth-order valence-corrected chi connectivity index (χ4v) is 10.8. The molecule has 0 bridgehead atoms. The van der Waals surface area contributed by atoms with Crippen LogP contribution < -0.4 is 24.6 Å². The summed E-state index contributed by atoms with van der Waals surface area (Å²) in [4.78, 5) is 68.0. The van der Waals surface area contributed by atoms with E-state index in [0.29, 0.717) is 65.7 Å². The number of methoxy groups -OCH3 is 2. The molecule has 4 heterocycles. The average molecular weight is 983 g/mol. The molecule has 6 aromatic carbocycles. The molecule has 15 nitrogen and oxygen atoms in total. The first kappa shape index (κ1) is 48.6. The second-order valence-electron chi connectivity index (χ2n) is 18.0. The topological polar surface area (TPSA) is 166 Å². The van der Waals surface area contributed by atoms with Crippen LogP contribution in [-0.4, -0.2) is 107 Å². The Hall–Kier alpha value is -8.00. The second-order valence-corrected chi connectivity index (χ2v) is 18.0. The van der Waals surface area contributed by atoms with Crippen molar-refractivity contribution in [1.29, 1.82) is 0 Å². The molecule has 3 saturated heterocycles. The standard InChI is InChI=1S/C58H54N4O11/c1-68-34-35-72-57(67)61-48-27-20-39(17-16-38-18-25-45(69-2)26-19-38)36-47(48)58(56(61)66)49(54(64)59-43-21-23-44(24-22-43)60-28-31-70-32-29-60)51-55(65)73-52(41-12-7-4-8-13-41)50(40-10-5-3-6-11-40)62(51)53(58)42-14-9-15-46(37-42)71-33-30-63/h3-15,18-27,36-37,49-53,63H,28-35H2,1-2H3,(H,59,64)/t49-,50-,51-,52+,53+,58-/m0/s1. The van der Waals surface area contributed by atoms with E-state index in [2.05, 4.69) is 22.1 Å². The van der Waals surface area contributed by atoms with Crippen molar-refractivity contribution in [2.45, 2.75) is 29.6 Å². The van der Waals surface area contributed by atoms with E-state index in [0.717, 1.165) is 16.2 Å². The fourth-order valence-electron chi connectivity index (χ4n) is 10.8. The Labute approximate surface area is 423 Å². The number of amides is 3. The zero-order valence-electron chi connectivity index (χ0n) is 40.3. The van der Waals surface area contributed by atoms with Crippen molar-refractivity contribution in [2.75, 3.05) is 82.1 Å². The van der Waals surface area contributed by atoms with E-state index in [9.17, 15) is 9.90 Å². The molecule has 10 rings (SSSR count). The van der Waals surface area contributed by atoms with Crippen LogP contribution in [0.5, 0.6) is 11.5 Å². The van der Waals surface area contributed by atoms with Gasteiger partial charge in [-0.15, -0.1) is 0 Å². The summed E-state index contributed by atoms with van der Waals surface area (Å²) < 4.78 is 34.6. The molecule has 6 aromatic rings. The van der Waals surface area contributed by atoms with Crippen LogP contribution in [0, 0.1) is 17.8 Å². The summed E-state index contributed by atoms with van der Waals surface area (Å²) >= 11 is 0. The lowest BCUT2D eigenvalue weighted by molar-refractivity contribution is -0.177. The molecule has 6 atom stereocenters. The Morgan fingerprint density at radius 2 is 1.41 bits per heavy atom. The maximum atomic E-state index is 16.6. The minimum absolute atomic E-state index is 0.0326. The lowest BCUT2D eigenvalue weighted by atomic mass is 9.65. The largest absolute Gasteiger partial charge is 0.497 e. The minimum atomic E-state index is -2.09. The van der Waals surface area contributed by atoms with Crippen molar-refractivity contribution in [1.82, 2.24) is 4.90 Å². The minimum Gasteiger partial charge on any atom is -0.497 e. The maximum Gasteiger partial charge on any atom is 0.421 e. The van der Waals surface area contributed by atoms with E-state index in [4.69, 9.17) is 28.4 Å². The molecular formula is C58H54N4O11. The summed E-state index contributed by atoms with van der Waals surface area (Å²) in [5.74, 6) is 3.70. The number of esters is 1. The summed E-state index contributed by atoms with van der Waals surface area (Å²) in [6.07, 6.45) is -1.94. The highest BCUT2D eigenvalue weighted by Gasteiger charge is 2.76. The molecule has 0 radical (unpaired) electrons. The lowest BCUT2D eigenvalue weighted by Crippen LogP contribution is -2.54. The SMILES string of the molecule is COCCOC(=O)N1C(=O)[C@@]2(c3cc(C#Cc4ccc(OC)cc4)ccc31)[C@H](C(=O)Nc1ccc(N3CCOCC3)cc1)[C@H]1C(=O)O[C@H](c3ccccc3)[C@H](c3ccccc3)N1[C@@H]2c1cccc(OCCO)c1. The number of nitrogens with one attached hydrogen (secondary N) is 1. The number of hydrogen-bond donors (Lipinski definition) is 2. The van der Waals surface area contributed by atoms with Gasteiger partial charge in [-0.3, -0.25) is 19.3 Å². The average Bonchev–Trinajstić information content (AvgIpc) is 3.89. The number of nitrogens with zero attached hydrogens (tertiary/aromatic N) is 3. The normalized spacial score (nSPS) is 22.2. The van der Waals surface area contributed by atoms with Crippen LogP contribution >= 0.6 is 0 Å². The van der Waals surface area contributed by atoms with Crippen molar-refractivity contribution >= 4 is 40.9 Å². The van der Waals surface area contributed by atoms with E-state index in [1.807, 2.05) is 95.9 Å². The molecule has 4 aliphatic rings. The van der Waals surface area contributed by atoms with Gasteiger partial charge in [-0.2, -0.15) is 0 Å². The van der Waals surface area contributed by atoms with Crippen LogP contribution in [0.2, 0.25) is 0 Å². The van der Waals surface area contributed by atoms with Gasteiger partial charge in [-0.1, -0.05) is 84.6 Å². The number of morpholine rings is 2. The Morgan fingerprint density at radius 3 is 2.11 bits per heavy atom. The summed E-state index contributed by atoms with van der Waals surface area (Å²) in [6, 6.07) is 42.2. The number of aliphatic hydroxyl groups is 1. The number of carbonyl (C=O) groups is 4. The zero-order valence-corrected chi connectivity index (χ0v) is 40.3. The van der Waals surface area contributed by atoms with Gasteiger partial charge in [0.25, 0.3) is 0 Å². The number of cyclic esters (lactones) is 1. The number of hydrogen-bond acceptors (Lipinski definition) is 13. The summed E-state index contributed by atoms with van der Waals surface area (Å²) in [5, 5.41) is 13.0. The molecule has 0 saturated carbocycles. The summed E-state index contributed by atoms with van der Waals surface area (Å²) in [5.41, 5.74) is 2.72. The van der Waals surface area contributed by atoms with Crippen molar-refractivity contribution < 1.29 is 52.7 Å². The second kappa shape index (κ2) is 21.4. The third-order valence-electron chi connectivity index (χ3n) is 13.9. The van der Waals surface area contributed by atoms with Crippen molar-refractivity contribution in [3.63, 3.8) is 0 Å². The number of ether oxygens (including phenoxy) is 6. The van der Waals surface area contributed by atoms with Crippen molar-refractivity contribution in [3.05, 3.63) is 185 Å². The molecule has 372 valence electrons. The Morgan fingerprint density at radius 1 is 0.726 bits per heavy atom. The molecule has 4 aliphatic heterocycles. The summed E-state index contributed by atoms with van der Waals surface area (Å²) in [6.45, 7) is 2.15. The number of carbonyl (C=O) groups excluding carboxylic acids is 4. The van der Waals surface area contributed by atoms with Crippen molar-refractivity contribution in [2.24, 2.45) is 5.92 Å². The van der Waals surface area contributed by atoms with Crippen LogP contribution in [0.3, 0.4) is 0 Å². The van der Waals surface area contributed by atoms with Crippen LogP contribution in [0.4, 0.5) is 21.9 Å². The molecule has 3 amide bonds.